The van der Waals surface area contributed by atoms with Crippen LogP contribution in [0.25, 0.3) is 0 Å². The summed E-state index contributed by atoms with van der Waals surface area (Å²) in [5.41, 5.74) is 7.58. The number of hydrogen-bond donors (Lipinski definition) is 1. The molecule has 0 bridgehead atoms. The topological polar surface area (TPSA) is 72.6 Å². The maximum Gasteiger partial charge on any atom is 0.305 e. The highest BCUT2D eigenvalue weighted by Crippen LogP contribution is 2.38. The SMILES string of the molecule is CCOC(=O)CCCN1c2ccccc2C(C(N)=O)CC1C. The highest BCUT2D eigenvalue weighted by atomic mass is 16.5. The number of primary amides is 1. The van der Waals surface area contributed by atoms with Crippen LogP contribution in [0.4, 0.5) is 5.69 Å². The molecule has 0 saturated carbocycles. The van der Waals surface area contributed by atoms with Crippen LogP contribution in [0.3, 0.4) is 0 Å². The van der Waals surface area contributed by atoms with Crippen LogP contribution in [0.1, 0.15) is 44.6 Å². The molecular formula is C17H24N2O3. The molecule has 22 heavy (non-hydrogen) atoms. The molecule has 0 aliphatic carbocycles. The number of rotatable bonds is 6. The van der Waals surface area contributed by atoms with Crippen molar-refractivity contribution in [1.29, 1.82) is 0 Å². The molecule has 1 aromatic rings. The minimum absolute atomic E-state index is 0.157. The molecule has 1 aliphatic heterocycles. The fourth-order valence-electron chi connectivity index (χ4n) is 3.11. The molecule has 0 radical (unpaired) electrons. The van der Waals surface area contributed by atoms with Crippen LogP contribution in [0, 0.1) is 0 Å². The van der Waals surface area contributed by atoms with E-state index in [1.165, 1.54) is 0 Å². The van der Waals surface area contributed by atoms with Crippen molar-refractivity contribution in [2.75, 3.05) is 18.1 Å². The third kappa shape index (κ3) is 3.59. The number of nitrogens with two attached hydrogens (primary N) is 1. The van der Waals surface area contributed by atoms with E-state index >= 15 is 0 Å². The number of benzene rings is 1. The summed E-state index contributed by atoms with van der Waals surface area (Å²) >= 11 is 0. The van der Waals surface area contributed by atoms with Crippen LogP contribution >= 0.6 is 0 Å². The third-order valence-electron chi connectivity index (χ3n) is 4.16. The number of esters is 1. The normalized spacial score (nSPS) is 20.4. The van der Waals surface area contributed by atoms with Gasteiger partial charge in [-0.1, -0.05) is 18.2 Å². The summed E-state index contributed by atoms with van der Waals surface area (Å²) < 4.78 is 4.96. The monoisotopic (exact) mass is 304 g/mol. The van der Waals surface area contributed by atoms with Gasteiger partial charge >= 0.3 is 5.97 Å². The van der Waals surface area contributed by atoms with Gasteiger partial charge in [0.25, 0.3) is 0 Å². The number of fused-ring (bicyclic) bond motifs is 1. The molecule has 2 atom stereocenters. The van der Waals surface area contributed by atoms with Crippen molar-refractivity contribution < 1.29 is 14.3 Å². The summed E-state index contributed by atoms with van der Waals surface area (Å²) in [5, 5.41) is 0. The molecule has 1 aromatic carbocycles. The molecule has 5 nitrogen and oxygen atoms in total. The first kappa shape index (κ1) is 16.3. The van der Waals surface area contributed by atoms with Crippen LogP contribution in [0.15, 0.2) is 24.3 Å². The molecule has 0 saturated heterocycles. The zero-order chi connectivity index (χ0) is 16.1. The Morgan fingerprint density at radius 1 is 1.36 bits per heavy atom. The molecule has 0 fully saturated rings. The standard InChI is InChI=1S/C17H24N2O3/c1-3-22-16(20)9-6-10-19-12(2)11-14(17(18)21)13-7-4-5-8-15(13)19/h4-5,7-8,12,14H,3,6,9-11H2,1-2H3,(H2,18,21). The Morgan fingerprint density at radius 2 is 2.09 bits per heavy atom. The van der Waals surface area contributed by atoms with Gasteiger partial charge in [-0.05, 0) is 38.3 Å². The molecule has 5 heteroatoms. The van der Waals surface area contributed by atoms with Gasteiger partial charge in [-0.2, -0.15) is 0 Å². The van der Waals surface area contributed by atoms with E-state index in [4.69, 9.17) is 10.5 Å². The van der Waals surface area contributed by atoms with E-state index < -0.39 is 0 Å². The Morgan fingerprint density at radius 3 is 2.77 bits per heavy atom. The third-order valence-corrected chi connectivity index (χ3v) is 4.16. The smallest absolute Gasteiger partial charge is 0.305 e. The summed E-state index contributed by atoms with van der Waals surface area (Å²) in [4.78, 5) is 25.4. The maximum absolute atomic E-state index is 11.7. The first-order chi connectivity index (χ1) is 10.5. The van der Waals surface area contributed by atoms with Gasteiger partial charge in [0, 0.05) is 24.7 Å². The van der Waals surface area contributed by atoms with Gasteiger partial charge in [-0.25, -0.2) is 0 Å². The first-order valence-electron chi connectivity index (χ1n) is 7.85. The first-order valence-corrected chi connectivity index (χ1v) is 7.85. The van der Waals surface area contributed by atoms with Crippen molar-refractivity contribution in [1.82, 2.24) is 0 Å². The Labute approximate surface area is 131 Å². The summed E-state index contributed by atoms with van der Waals surface area (Å²) in [6.07, 6.45) is 1.86. The predicted octanol–water partition coefficient (Wildman–Crippen LogP) is 2.20. The Balaban J connectivity index is 2.09. The van der Waals surface area contributed by atoms with Crippen molar-refractivity contribution in [3.05, 3.63) is 29.8 Å². The number of para-hydroxylation sites is 1. The highest BCUT2D eigenvalue weighted by Gasteiger charge is 2.32. The lowest BCUT2D eigenvalue weighted by Gasteiger charge is -2.40. The minimum atomic E-state index is -0.273. The zero-order valence-electron chi connectivity index (χ0n) is 13.2. The van der Waals surface area contributed by atoms with Crippen LogP contribution in [-0.2, 0) is 14.3 Å². The van der Waals surface area contributed by atoms with Gasteiger partial charge in [0.2, 0.25) is 5.91 Å². The molecule has 120 valence electrons. The molecule has 2 N–H and O–H groups in total. The number of ether oxygens (including phenoxy) is 1. The lowest BCUT2D eigenvalue weighted by atomic mass is 9.85. The maximum atomic E-state index is 11.7. The Hall–Kier alpha value is -2.04. The largest absolute Gasteiger partial charge is 0.466 e. The minimum Gasteiger partial charge on any atom is -0.466 e. The van der Waals surface area contributed by atoms with Crippen LogP contribution in [0.2, 0.25) is 0 Å². The number of nitrogens with zero attached hydrogens (tertiary/aromatic N) is 1. The van der Waals surface area contributed by atoms with Gasteiger partial charge in [-0.3, -0.25) is 9.59 Å². The molecule has 1 amide bonds. The van der Waals surface area contributed by atoms with Gasteiger partial charge in [0.05, 0.1) is 12.5 Å². The fraction of sp³-hybridized carbons (Fsp3) is 0.529. The average Bonchev–Trinajstić information content (AvgIpc) is 2.49. The fourth-order valence-corrected chi connectivity index (χ4v) is 3.11. The van der Waals surface area contributed by atoms with Crippen molar-refractivity contribution >= 4 is 17.6 Å². The van der Waals surface area contributed by atoms with Crippen molar-refractivity contribution in [3.63, 3.8) is 0 Å². The quantitative estimate of drug-likeness (QED) is 0.818. The summed E-state index contributed by atoms with van der Waals surface area (Å²) in [5.74, 6) is -0.659. The summed E-state index contributed by atoms with van der Waals surface area (Å²) in [6, 6.07) is 8.10. The zero-order valence-corrected chi connectivity index (χ0v) is 13.2. The van der Waals surface area contributed by atoms with Crippen LogP contribution in [0.5, 0.6) is 0 Å². The number of anilines is 1. The van der Waals surface area contributed by atoms with E-state index in [1.54, 1.807) is 0 Å². The van der Waals surface area contributed by atoms with Gasteiger partial charge in [0.1, 0.15) is 0 Å². The van der Waals surface area contributed by atoms with E-state index in [2.05, 4.69) is 11.8 Å². The second kappa shape index (κ2) is 7.29. The second-order valence-electron chi connectivity index (χ2n) is 5.70. The van der Waals surface area contributed by atoms with Crippen molar-refractivity contribution in [2.24, 2.45) is 5.73 Å². The lowest BCUT2D eigenvalue weighted by Crippen LogP contribution is -2.42. The highest BCUT2D eigenvalue weighted by molar-refractivity contribution is 5.85. The van der Waals surface area contributed by atoms with Crippen LogP contribution < -0.4 is 10.6 Å². The molecular weight excluding hydrogens is 280 g/mol. The molecule has 0 aromatic heterocycles. The van der Waals surface area contributed by atoms with Gasteiger partial charge in [-0.15, -0.1) is 0 Å². The molecule has 0 spiro atoms. The van der Waals surface area contributed by atoms with Crippen molar-refractivity contribution in [2.45, 2.75) is 45.1 Å². The summed E-state index contributed by atoms with van der Waals surface area (Å²) in [6.45, 7) is 5.09. The lowest BCUT2D eigenvalue weighted by molar-refractivity contribution is -0.143. The van der Waals surface area contributed by atoms with E-state index in [0.717, 1.165) is 24.2 Å². The predicted molar refractivity (Wildman–Crippen MR) is 85.7 cm³/mol. The van der Waals surface area contributed by atoms with Gasteiger partial charge < -0.3 is 15.4 Å². The van der Waals surface area contributed by atoms with Crippen molar-refractivity contribution in [3.8, 4) is 0 Å². The molecule has 1 aliphatic rings. The second-order valence-corrected chi connectivity index (χ2v) is 5.70. The van der Waals surface area contributed by atoms with E-state index in [-0.39, 0.29) is 23.8 Å². The molecule has 1 heterocycles. The summed E-state index contributed by atoms with van der Waals surface area (Å²) in [7, 11) is 0. The van der Waals surface area contributed by atoms with E-state index in [0.29, 0.717) is 19.4 Å². The Bertz CT molecular complexity index is 544. The number of amides is 1. The Kier molecular flexibility index (Phi) is 5.41. The molecule has 2 rings (SSSR count). The average molecular weight is 304 g/mol. The number of carbonyl (C=O) groups excluding carboxylic acids is 2. The van der Waals surface area contributed by atoms with Gasteiger partial charge in [0.15, 0.2) is 0 Å². The number of carbonyl (C=O) groups is 2. The molecule has 2 unspecified atom stereocenters. The van der Waals surface area contributed by atoms with Crippen LogP contribution in [-0.4, -0.2) is 31.1 Å². The van der Waals surface area contributed by atoms with E-state index in [9.17, 15) is 9.59 Å². The van der Waals surface area contributed by atoms with E-state index in [1.807, 2.05) is 31.2 Å². The number of hydrogen-bond acceptors (Lipinski definition) is 4.